The molecule has 1 saturated heterocycles. The summed E-state index contributed by atoms with van der Waals surface area (Å²) in [6.45, 7) is 2.75. The number of aromatic nitrogens is 2. The highest BCUT2D eigenvalue weighted by atomic mass is 16.4. The quantitative estimate of drug-likeness (QED) is 0.886. The molecule has 2 heterocycles. The van der Waals surface area contributed by atoms with Crippen LogP contribution in [0.4, 0.5) is 0 Å². The number of hydrogen-bond donors (Lipinski definition) is 2. The molecule has 7 heteroatoms. The minimum Gasteiger partial charge on any atom is -0.478 e. The van der Waals surface area contributed by atoms with E-state index in [1.807, 2.05) is 0 Å². The number of amides is 1. The van der Waals surface area contributed by atoms with Gasteiger partial charge in [0.2, 0.25) is 0 Å². The van der Waals surface area contributed by atoms with Crippen LogP contribution in [0.5, 0.6) is 0 Å². The molecule has 0 saturated carbocycles. The largest absolute Gasteiger partial charge is 0.478 e. The third-order valence-corrected chi connectivity index (χ3v) is 4.49. The second kappa shape index (κ2) is 6.88. The van der Waals surface area contributed by atoms with Gasteiger partial charge in [0.25, 0.3) is 11.5 Å². The maximum Gasteiger partial charge on any atom is 0.335 e. The van der Waals surface area contributed by atoms with Gasteiger partial charge in [0.1, 0.15) is 11.4 Å². The molecule has 1 aliphatic rings. The molecule has 1 fully saturated rings. The molecule has 130 valence electrons. The van der Waals surface area contributed by atoms with Gasteiger partial charge in [-0.3, -0.25) is 9.59 Å². The van der Waals surface area contributed by atoms with E-state index in [1.165, 1.54) is 6.20 Å². The van der Waals surface area contributed by atoms with Crippen molar-refractivity contribution < 1.29 is 14.7 Å². The van der Waals surface area contributed by atoms with Crippen LogP contribution >= 0.6 is 0 Å². The number of rotatable bonds is 3. The van der Waals surface area contributed by atoms with Gasteiger partial charge in [-0.2, -0.15) is 0 Å². The van der Waals surface area contributed by atoms with Crippen molar-refractivity contribution in [2.45, 2.75) is 25.7 Å². The van der Waals surface area contributed by atoms with Crippen molar-refractivity contribution in [1.82, 2.24) is 14.9 Å². The summed E-state index contributed by atoms with van der Waals surface area (Å²) in [6.07, 6.45) is 3.06. The van der Waals surface area contributed by atoms with Gasteiger partial charge >= 0.3 is 5.97 Å². The van der Waals surface area contributed by atoms with E-state index in [9.17, 15) is 14.4 Å². The molecular weight excluding hydrogens is 322 g/mol. The van der Waals surface area contributed by atoms with Crippen LogP contribution in [0.2, 0.25) is 0 Å². The van der Waals surface area contributed by atoms with Gasteiger partial charge in [-0.1, -0.05) is 12.1 Å². The SMILES string of the molecule is Cc1ncc(C(=O)N2CCC[C@H](c3ccc(C(=O)O)cc3)C2)c(=O)[nH]1. The van der Waals surface area contributed by atoms with Crippen LogP contribution < -0.4 is 5.56 Å². The van der Waals surface area contributed by atoms with E-state index < -0.39 is 11.5 Å². The summed E-state index contributed by atoms with van der Waals surface area (Å²) in [5, 5.41) is 8.98. The fourth-order valence-electron chi connectivity index (χ4n) is 3.14. The number of piperidine rings is 1. The first kappa shape index (κ1) is 16.9. The van der Waals surface area contributed by atoms with E-state index in [4.69, 9.17) is 5.11 Å². The lowest BCUT2D eigenvalue weighted by Crippen LogP contribution is -2.41. The highest BCUT2D eigenvalue weighted by molar-refractivity contribution is 5.93. The maximum absolute atomic E-state index is 12.6. The molecule has 7 nitrogen and oxygen atoms in total. The number of H-pyrrole nitrogens is 1. The van der Waals surface area contributed by atoms with Gasteiger partial charge in [-0.05, 0) is 37.5 Å². The normalized spacial score (nSPS) is 17.3. The number of likely N-dealkylation sites (tertiary alicyclic amines) is 1. The van der Waals surface area contributed by atoms with Crippen LogP contribution in [-0.4, -0.2) is 44.9 Å². The van der Waals surface area contributed by atoms with Crippen LogP contribution in [0.3, 0.4) is 0 Å². The molecule has 25 heavy (non-hydrogen) atoms. The number of aromatic carboxylic acids is 1. The monoisotopic (exact) mass is 341 g/mol. The van der Waals surface area contributed by atoms with Crippen molar-refractivity contribution in [2.75, 3.05) is 13.1 Å². The van der Waals surface area contributed by atoms with Crippen molar-refractivity contribution in [2.24, 2.45) is 0 Å². The maximum atomic E-state index is 12.6. The molecule has 3 rings (SSSR count). The number of carbonyl (C=O) groups excluding carboxylic acids is 1. The first-order valence-electron chi connectivity index (χ1n) is 8.14. The summed E-state index contributed by atoms with van der Waals surface area (Å²) in [5.41, 5.74) is 0.862. The predicted molar refractivity (Wildman–Crippen MR) is 90.9 cm³/mol. The summed E-state index contributed by atoms with van der Waals surface area (Å²) in [4.78, 5) is 43.8. The lowest BCUT2D eigenvalue weighted by atomic mass is 9.90. The van der Waals surface area contributed by atoms with Crippen molar-refractivity contribution in [3.05, 3.63) is 63.3 Å². The Morgan fingerprint density at radius 1 is 1.28 bits per heavy atom. The second-order valence-corrected chi connectivity index (χ2v) is 6.23. The van der Waals surface area contributed by atoms with Gasteiger partial charge in [-0.15, -0.1) is 0 Å². The third-order valence-electron chi connectivity index (χ3n) is 4.49. The molecule has 1 atom stereocenters. The smallest absolute Gasteiger partial charge is 0.335 e. The average Bonchev–Trinajstić information content (AvgIpc) is 2.61. The first-order chi connectivity index (χ1) is 12.0. The summed E-state index contributed by atoms with van der Waals surface area (Å²) in [5.74, 6) is -0.687. The molecule has 2 aromatic rings. The van der Waals surface area contributed by atoms with Crippen LogP contribution in [0.15, 0.2) is 35.3 Å². The molecule has 1 amide bonds. The van der Waals surface area contributed by atoms with Crippen LogP contribution in [0.1, 0.15) is 50.9 Å². The number of benzene rings is 1. The fourth-order valence-corrected chi connectivity index (χ4v) is 3.14. The zero-order valence-corrected chi connectivity index (χ0v) is 13.9. The number of carbonyl (C=O) groups is 2. The number of hydrogen-bond acceptors (Lipinski definition) is 4. The molecule has 0 spiro atoms. The third kappa shape index (κ3) is 3.60. The Hall–Kier alpha value is -2.96. The fraction of sp³-hybridized carbons (Fsp3) is 0.333. The summed E-state index contributed by atoms with van der Waals surface area (Å²) < 4.78 is 0. The Morgan fingerprint density at radius 3 is 2.64 bits per heavy atom. The number of carboxylic acid groups (broad SMARTS) is 1. The molecule has 0 unspecified atom stereocenters. The lowest BCUT2D eigenvalue weighted by Gasteiger charge is -2.33. The van der Waals surface area contributed by atoms with E-state index in [1.54, 1.807) is 36.1 Å². The molecule has 1 aromatic carbocycles. The van der Waals surface area contributed by atoms with E-state index in [2.05, 4.69) is 9.97 Å². The molecule has 1 aromatic heterocycles. The summed E-state index contributed by atoms with van der Waals surface area (Å²) >= 11 is 0. The standard InChI is InChI=1S/C18H19N3O4/c1-11-19-9-15(16(22)20-11)17(23)21-8-2-3-14(10-21)12-4-6-13(7-5-12)18(24)25/h4-7,9,14H,2-3,8,10H2,1H3,(H,24,25)(H,19,20,22)/t14-/m0/s1. The molecular formula is C18H19N3O4. The molecule has 2 N–H and O–H groups in total. The predicted octanol–water partition coefficient (Wildman–Crippen LogP) is 1.80. The topological polar surface area (TPSA) is 103 Å². The summed E-state index contributed by atoms with van der Waals surface area (Å²) in [6, 6.07) is 6.74. The highest BCUT2D eigenvalue weighted by Crippen LogP contribution is 2.27. The Kier molecular flexibility index (Phi) is 4.65. The molecule has 0 radical (unpaired) electrons. The minimum absolute atomic E-state index is 0.0486. The number of aryl methyl sites for hydroxylation is 1. The number of carboxylic acids is 1. The molecule has 0 bridgehead atoms. The Labute approximate surface area is 144 Å². The molecule has 1 aliphatic heterocycles. The van der Waals surface area contributed by atoms with E-state index >= 15 is 0 Å². The van der Waals surface area contributed by atoms with E-state index in [0.717, 1.165) is 18.4 Å². The minimum atomic E-state index is -0.960. The van der Waals surface area contributed by atoms with Gasteiger partial charge in [0.15, 0.2) is 0 Å². The zero-order chi connectivity index (χ0) is 18.0. The van der Waals surface area contributed by atoms with Gasteiger partial charge in [0.05, 0.1) is 5.56 Å². The van der Waals surface area contributed by atoms with Gasteiger partial charge in [0, 0.05) is 25.2 Å². The number of nitrogens with one attached hydrogen (secondary N) is 1. The van der Waals surface area contributed by atoms with Gasteiger partial charge in [-0.25, -0.2) is 9.78 Å². The molecule has 0 aliphatic carbocycles. The van der Waals surface area contributed by atoms with Crippen molar-refractivity contribution in [3.8, 4) is 0 Å². The number of nitrogens with zero attached hydrogens (tertiary/aromatic N) is 2. The lowest BCUT2D eigenvalue weighted by molar-refractivity contribution is 0.0693. The van der Waals surface area contributed by atoms with Crippen molar-refractivity contribution >= 4 is 11.9 Å². The van der Waals surface area contributed by atoms with Crippen molar-refractivity contribution in [1.29, 1.82) is 0 Å². The van der Waals surface area contributed by atoms with Crippen LogP contribution in [0.25, 0.3) is 0 Å². The highest BCUT2D eigenvalue weighted by Gasteiger charge is 2.27. The Morgan fingerprint density at radius 2 is 2.00 bits per heavy atom. The number of aromatic amines is 1. The van der Waals surface area contributed by atoms with Crippen LogP contribution in [0, 0.1) is 6.92 Å². The van der Waals surface area contributed by atoms with Crippen molar-refractivity contribution in [3.63, 3.8) is 0 Å². The zero-order valence-electron chi connectivity index (χ0n) is 13.9. The average molecular weight is 341 g/mol. The van der Waals surface area contributed by atoms with E-state index in [-0.39, 0.29) is 23.0 Å². The summed E-state index contributed by atoms with van der Waals surface area (Å²) in [7, 11) is 0. The van der Waals surface area contributed by atoms with Gasteiger partial charge < -0.3 is 15.0 Å². The van der Waals surface area contributed by atoms with E-state index in [0.29, 0.717) is 18.9 Å². The Bertz CT molecular complexity index is 857. The Balaban J connectivity index is 1.77. The van der Waals surface area contributed by atoms with Crippen LogP contribution in [-0.2, 0) is 0 Å². The second-order valence-electron chi connectivity index (χ2n) is 6.23. The first-order valence-corrected chi connectivity index (χ1v) is 8.14.